The number of nitrogens with zero attached hydrogens (tertiary/aromatic N) is 4. The third-order valence-corrected chi connectivity index (χ3v) is 19.3. The fourth-order valence-electron chi connectivity index (χ4n) is 6.38. The van der Waals surface area contributed by atoms with Gasteiger partial charge in [-0.05, 0) is 117 Å². The van der Waals surface area contributed by atoms with Crippen LogP contribution in [0, 0.1) is 34.1 Å². The molecule has 12 nitrogen and oxygen atoms in total. The zero-order chi connectivity index (χ0) is 46.4. The van der Waals surface area contributed by atoms with Gasteiger partial charge in [-0.2, -0.15) is 0 Å². The number of nitrogens with two attached hydrogens (primary N) is 2. The molecule has 0 radical (unpaired) electrons. The summed E-state index contributed by atoms with van der Waals surface area (Å²) < 4.78 is 114. The lowest BCUT2D eigenvalue weighted by molar-refractivity contribution is 0.578. The van der Waals surface area contributed by atoms with Crippen molar-refractivity contribution in [2.24, 2.45) is 11.5 Å². The zero-order valence-electron chi connectivity index (χ0n) is 32.8. The summed E-state index contributed by atoms with van der Waals surface area (Å²) in [5.74, 6) is -2.66. The summed E-state index contributed by atoms with van der Waals surface area (Å²) in [4.78, 5) is 9.44. The number of thiophene rings is 2. The summed E-state index contributed by atoms with van der Waals surface area (Å²) in [6.07, 6.45) is 6.39. The number of benzene rings is 4. The fourth-order valence-corrected chi connectivity index (χ4v) is 15.7. The standard InChI is InChI=1S/2C20H15BrF2N4O2S3/c1-30-20-17(7-16(31-20)19(24)25)32(28,29)12-5-13(21)18-15(6-12)27(9-26-18)8-10-4-11(22)2-3-14(10)23;1-30-20-17(7-16(31-20)19(24)25)32(28,29)12-5-13(21)18-15(6-12)26-9-27(18)8-10-4-11(22)2-3-14(10)23/h2*2-7,9H,8H2,1H3,(H3,24,25). The Morgan fingerprint density at radius 1 is 0.672 bits per heavy atom. The van der Waals surface area contributed by atoms with Crippen molar-refractivity contribution in [3.05, 3.63) is 139 Å². The van der Waals surface area contributed by atoms with E-state index in [2.05, 4.69) is 41.8 Å². The summed E-state index contributed by atoms with van der Waals surface area (Å²) >= 11 is 11.6. The van der Waals surface area contributed by atoms with Crippen LogP contribution in [0.4, 0.5) is 17.6 Å². The van der Waals surface area contributed by atoms with E-state index in [-0.39, 0.29) is 55.5 Å². The molecule has 0 aliphatic rings. The Labute approximate surface area is 396 Å². The van der Waals surface area contributed by atoms with Crippen molar-refractivity contribution in [3.8, 4) is 0 Å². The van der Waals surface area contributed by atoms with Crippen molar-refractivity contribution >= 4 is 131 Å². The summed E-state index contributed by atoms with van der Waals surface area (Å²) in [5, 5.41) is 15.2. The molecule has 0 unspecified atom stereocenters. The summed E-state index contributed by atoms with van der Waals surface area (Å²) in [6.45, 7) is -0.00700. The number of hydrogen-bond donors (Lipinski definition) is 4. The number of thioether (sulfide) groups is 2. The third-order valence-electron chi connectivity index (χ3n) is 9.42. The predicted octanol–water partition coefficient (Wildman–Crippen LogP) is 10.1. The highest BCUT2D eigenvalue weighted by Gasteiger charge is 2.28. The molecule has 4 aromatic heterocycles. The normalized spacial score (nSPS) is 11.9. The molecular weight excluding hydrogens is 1080 g/mol. The van der Waals surface area contributed by atoms with Crippen molar-refractivity contribution in [3.63, 3.8) is 0 Å². The second-order valence-corrected chi connectivity index (χ2v) is 23.3. The average molecular weight is 1110 g/mol. The van der Waals surface area contributed by atoms with Gasteiger partial charge in [-0.15, -0.1) is 46.2 Å². The van der Waals surface area contributed by atoms with E-state index in [4.69, 9.17) is 22.3 Å². The summed E-state index contributed by atoms with van der Waals surface area (Å²) in [5.41, 5.74) is 13.2. The summed E-state index contributed by atoms with van der Waals surface area (Å²) in [7, 11) is -7.88. The number of nitrogens with one attached hydrogen (secondary N) is 2. The number of nitrogen functional groups attached to an aromatic ring is 2. The van der Waals surface area contributed by atoms with Crippen LogP contribution in [0.15, 0.2) is 122 Å². The van der Waals surface area contributed by atoms with Gasteiger partial charge in [-0.1, -0.05) is 0 Å². The minimum absolute atomic E-state index is 0.00143. The molecule has 0 amide bonds. The number of aromatic nitrogens is 4. The van der Waals surface area contributed by atoms with E-state index in [0.717, 1.165) is 59.1 Å². The second-order valence-electron chi connectivity index (χ2n) is 13.5. The van der Waals surface area contributed by atoms with Crippen molar-refractivity contribution in [1.29, 1.82) is 10.8 Å². The molecule has 4 aromatic carbocycles. The number of sulfone groups is 2. The molecule has 4 heterocycles. The van der Waals surface area contributed by atoms with Crippen LogP contribution in [0.25, 0.3) is 22.1 Å². The van der Waals surface area contributed by atoms with Gasteiger partial charge in [0.25, 0.3) is 0 Å². The molecule has 332 valence electrons. The van der Waals surface area contributed by atoms with Gasteiger partial charge >= 0.3 is 0 Å². The Hall–Kier alpha value is -4.56. The largest absolute Gasteiger partial charge is 0.383 e. The smallest absolute Gasteiger partial charge is 0.208 e. The zero-order valence-corrected chi connectivity index (χ0v) is 40.9. The Balaban J connectivity index is 0.000000191. The maximum absolute atomic E-state index is 14.1. The van der Waals surface area contributed by atoms with Gasteiger partial charge < -0.3 is 20.6 Å². The maximum atomic E-state index is 14.1. The average Bonchev–Trinajstić information content (AvgIpc) is 4.06. The van der Waals surface area contributed by atoms with Crippen LogP contribution >= 0.6 is 78.1 Å². The number of hydrogen-bond acceptors (Lipinski definition) is 12. The van der Waals surface area contributed by atoms with Gasteiger partial charge in [-0.25, -0.2) is 44.4 Å². The number of fused-ring (bicyclic) bond motifs is 2. The highest BCUT2D eigenvalue weighted by atomic mass is 79.9. The molecule has 0 spiro atoms. The molecule has 6 N–H and O–H groups in total. The monoisotopic (exact) mass is 1110 g/mol. The SMILES string of the molecule is CSc1sc(C(=N)N)cc1S(=O)(=O)c1cc(Br)c2c(c1)ncn2Cc1cc(F)ccc1F.CSc1sc(C(=N)N)cc1S(=O)(=O)c1cc(Br)c2ncn(Cc3cc(F)ccc3F)c2c1. The molecule has 0 aliphatic carbocycles. The molecule has 0 saturated heterocycles. The lowest BCUT2D eigenvalue weighted by atomic mass is 10.2. The lowest BCUT2D eigenvalue weighted by Gasteiger charge is -2.09. The van der Waals surface area contributed by atoms with E-state index in [1.165, 1.54) is 72.6 Å². The van der Waals surface area contributed by atoms with Gasteiger partial charge in [0.15, 0.2) is 0 Å². The molecule has 8 aromatic rings. The Bertz CT molecular complexity index is 3410. The molecule has 0 atom stereocenters. The van der Waals surface area contributed by atoms with Crippen LogP contribution in [0.5, 0.6) is 0 Å². The topological polar surface area (TPSA) is 204 Å². The highest BCUT2D eigenvalue weighted by Crippen LogP contribution is 2.40. The van der Waals surface area contributed by atoms with Gasteiger partial charge in [-0.3, -0.25) is 10.8 Å². The first kappa shape index (κ1) is 47.4. The van der Waals surface area contributed by atoms with E-state index >= 15 is 0 Å². The molecule has 8 rings (SSSR count). The number of halogens is 6. The van der Waals surface area contributed by atoms with E-state index in [1.54, 1.807) is 21.6 Å². The number of amidine groups is 2. The quantitative estimate of drug-likeness (QED) is 0.0395. The first-order valence-corrected chi connectivity index (χ1v) is 26.6. The van der Waals surface area contributed by atoms with Crippen LogP contribution < -0.4 is 11.5 Å². The summed E-state index contributed by atoms with van der Waals surface area (Å²) in [6, 6.07) is 15.0. The maximum Gasteiger partial charge on any atom is 0.208 e. The van der Waals surface area contributed by atoms with E-state index < -0.39 is 42.9 Å². The Morgan fingerprint density at radius 2 is 1.14 bits per heavy atom. The first-order chi connectivity index (χ1) is 30.2. The van der Waals surface area contributed by atoms with Crippen LogP contribution in [-0.2, 0) is 32.8 Å². The molecule has 24 heteroatoms. The Kier molecular flexibility index (Phi) is 13.9. The van der Waals surface area contributed by atoms with Crippen LogP contribution in [0.2, 0.25) is 0 Å². The van der Waals surface area contributed by atoms with Crippen molar-refractivity contribution in [2.45, 2.75) is 41.1 Å². The third kappa shape index (κ3) is 9.41. The van der Waals surface area contributed by atoms with E-state index in [9.17, 15) is 34.4 Å². The molecular formula is C40H30Br2F4N8O4S6. The molecule has 0 aliphatic heterocycles. The number of imidazole rings is 2. The van der Waals surface area contributed by atoms with E-state index in [0.29, 0.717) is 49.2 Å². The van der Waals surface area contributed by atoms with Gasteiger partial charge in [0, 0.05) is 20.1 Å². The predicted molar refractivity (Wildman–Crippen MR) is 251 cm³/mol. The molecule has 0 saturated carbocycles. The number of rotatable bonds is 12. The fraction of sp³-hybridized carbons (Fsp3) is 0.100. The van der Waals surface area contributed by atoms with Crippen LogP contribution in [0.3, 0.4) is 0 Å². The van der Waals surface area contributed by atoms with Gasteiger partial charge in [0.2, 0.25) is 19.7 Å². The van der Waals surface area contributed by atoms with Crippen LogP contribution in [0.1, 0.15) is 20.9 Å². The van der Waals surface area contributed by atoms with Crippen molar-refractivity contribution < 1.29 is 34.4 Å². The Morgan fingerprint density at radius 3 is 1.64 bits per heavy atom. The molecule has 64 heavy (non-hydrogen) atoms. The van der Waals surface area contributed by atoms with Crippen LogP contribution in [-0.4, -0.2) is 60.1 Å². The minimum Gasteiger partial charge on any atom is -0.383 e. The minimum atomic E-state index is -3.96. The van der Waals surface area contributed by atoms with Crippen molar-refractivity contribution in [2.75, 3.05) is 12.5 Å². The lowest BCUT2D eigenvalue weighted by Crippen LogP contribution is -2.09. The van der Waals surface area contributed by atoms with Gasteiger partial charge in [0.05, 0.1) is 80.0 Å². The van der Waals surface area contributed by atoms with Crippen molar-refractivity contribution in [1.82, 2.24) is 19.1 Å². The first-order valence-electron chi connectivity index (χ1n) is 17.9. The molecule has 0 bridgehead atoms. The van der Waals surface area contributed by atoms with E-state index in [1.807, 2.05) is 0 Å². The molecule has 0 fully saturated rings. The second kappa shape index (κ2) is 18.7. The highest BCUT2D eigenvalue weighted by molar-refractivity contribution is 9.11. The van der Waals surface area contributed by atoms with Gasteiger partial charge in [0.1, 0.15) is 40.5 Å².